The molecule has 0 atom stereocenters. The van der Waals surface area contributed by atoms with Gasteiger partial charge in [0.25, 0.3) is 0 Å². The van der Waals surface area contributed by atoms with E-state index in [1.807, 2.05) is 0 Å². The summed E-state index contributed by atoms with van der Waals surface area (Å²) in [6.07, 6.45) is 4.92. The molecule has 0 aromatic carbocycles. The Balaban J connectivity index is -0.000000301. The van der Waals surface area contributed by atoms with Gasteiger partial charge in [-0.05, 0) is 65.0 Å². The van der Waals surface area contributed by atoms with Crippen molar-refractivity contribution >= 4 is 49.6 Å². The Hall–Kier alpha value is 0.560. The van der Waals surface area contributed by atoms with E-state index in [-0.39, 0.29) is 49.6 Å². The molecule has 0 spiro atoms. The summed E-state index contributed by atoms with van der Waals surface area (Å²) in [5.41, 5.74) is 0. The molecule has 0 aliphatic heterocycles. The molecule has 0 radical (unpaired) electrons. The van der Waals surface area contributed by atoms with Crippen molar-refractivity contribution in [2.24, 2.45) is 0 Å². The standard InChI is InChI=1S/C16H34N4.4ClH/c1-3-17-11-5-7-13-19-15-9-10-16-20-14-8-6-12-18-4-2;;;;/h17-20H,3-8,11-16H2,1-2H3;4*1H. The molecule has 150 valence electrons. The highest BCUT2D eigenvalue weighted by molar-refractivity contribution is 5.86. The third-order valence-electron chi connectivity index (χ3n) is 2.97. The Morgan fingerprint density at radius 2 is 0.792 bits per heavy atom. The van der Waals surface area contributed by atoms with Crippen LogP contribution in [-0.4, -0.2) is 52.4 Å². The molecule has 0 aromatic rings. The lowest BCUT2D eigenvalue weighted by atomic mass is 10.3. The fraction of sp³-hybridized carbons (Fsp3) is 0.875. The molecule has 0 saturated heterocycles. The van der Waals surface area contributed by atoms with E-state index < -0.39 is 0 Å². The van der Waals surface area contributed by atoms with Crippen molar-refractivity contribution < 1.29 is 0 Å². The van der Waals surface area contributed by atoms with Crippen LogP contribution in [0.3, 0.4) is 0 Å². The van der Waals surface area contributed by atoms with E-state index in [1.54, 1.807) is 0 Å². The lowest BCUT2D eigenvalue weighted by molar-refractivity contribution is 0.609. The van der Waals surface area contributed by atoms with Crippen molar-refractivity contribution in [3.05, 3.63) is 0 Å². The van der Waals surface area contributed by atoms with Gasteiger partial charge in [-0.1, -0.05) is 25.7 Å². The smallest absolute Gasteiger partial charge is 0.0577 e. The van der Waals surface area contributed by atoms with Gasteiger partial charge in [-0.2, -0.15) is 0 Å². The summed E-state index contributed by atoms with van der Waals surface area (Å²) in [5, 5.41) is 13.4. The summed E-state index contributed by atoms with van der Waals surface area (Å²) in [6.45, 7) is 12.4. The second-order valence-electron chi connectivity index (χ2n) is 4.83. The van der Waals surface area contributed by atoms with Gasteiger partial charge in [-0.3, -0.25) is 0 Å². The first-order valence-corrected chi connectivity index (χ1v) is 8.20. The molecular weight excluding hydrogens is 390 g/mol. The predicted molar refractivity (Wildman–Crippen MR) is 118 cm³/mol. The van der Waals surface area contributed by atoms with Crippen LogP contribution in [0.4, 0.5) is 0 Å². The Bertz CT molecular complexity index is 226. The maximum atomic E-state index is 3.35. The van der Waals surface area contributed by atoms with E-state index in [2.05, 4.69) is 47.0 Å². The fourth-order valence-electron chi connectivity index (χ4n) is 1.78. The first-order chi connectivity index (χ1) is 9.91. The summed E-state index contributed by atoms with van der Waals surface area (Å²) in [5.74, 6) is 6.29. The fourth-order valence-corrected chi connectivity index (χ4v) is 1.78. The van der Waals surface area contributed by atoms with Gasteiger partial charge in [0.2, 0.25) is 0 Å². The molecule has 0 heterocycles. The molecule has 4 N–H and O–H groups in total. The van der Waals surface area contributed by atoms with Crippen molar-refractivity contribution in [1.29, 1.82) is 0 Å². The van der Waals surface area contributed by atoms with Crippen LogP contribution in [-0.2, 0) is 0 Å². The van der Waals surface area contributed by atoms with Gasteiger partial charge in [-0.25, -0.2) is 0 Å². The Labute approximate surface area is 174 Å². The Kier molecular flexibility index (Phi) is 51.7. The van der Waals surface area contributed by atoms with E-state index in [0.29, 0.717) is 0 Å². The summed E-state index contributed by atoms with van der Waals surface area (Å²) >= 11 is 0. The molecule has 0 bridgehead atoms. The van der Waals surface area contributed by atoms with Crippen LogP contribution in [0.25, 0.3) is 0 Å². The van der Waals surface area contributed by atoms with Crippen LogP contribution in [0, 0.1) is 11.8 Å². The minimum absolute atomic E-state index is 0. The van der Waals surface area contributed by atoms with Crippen LogP contribution in [0.2, 0.25) is 0 Å². The molecule has 8 heteroatoms. The topological polar surface area (TPSA) is 48.1 Å². The van der Waals surface area contributed by atoms with Gasteiger partial charge in [-0.15, -0.1) is 49.6 Å². The van der Waals surface area contributed by atoms with Crippen molar-refractivity contribution in [2.75, 3.05) is 52.4 Å². The Morgan fingerprint density at radius 1 is 0.500 bits per heavy atom. The minimum Gasteiger partial charge on any atom is -0.317 e. The third kappa shape index (κ3) is 34.0. The molecule has 0 rings (SSSR count). The first kappa shape index (κ1) is 35.6. The Morgan fingerprint density at radius 3 is 1.08 bits per heavy atom. The average molecular weight is 428 g/mol. The molecule has 0 aromatic heterocycles. The van der Waals surface area contributed by atoms with Crippen molar-refractivity contribution in [3.8, 4) is 11.8 Å². The van der Waals surface area contributed by atoms with Crippen LogP contribution >= 0.6 is 49.6 Å². The van der Waals surface area contributed by atoms with Crippen LogP contribution < -0.4 is 21.3 Å². The zero-order chi connectivity index (χ0) is 14.7. The van der Waals surface area contributed by atoms with Gasteiger partial charge in [0, 0.05) is 0 Å². The molecule has 0 unspecified atom stereocenters. The second-order valence-corrected chi connectivity index (χ2v) is 4.83. The third-order valence-corrected chi connectivity index (χ3v) is 2.97. The van der Waals surface area contributed by atoms with Crippen molar-refractivity contribution in [3.63, 3.8) is 0 Å². The van der Waals surface area contributed by atoms with Gasteiger partial charge < -0.3 is 21.3 Å². The normalized spacial score (nSPS) is 8.58. The van der Waals surface area contributed by atoms with Gasteiger partial charge in [0.05, 0.1) is 13.1 Å². The number of unbranched alkanes of at least 4 members (excludes halogenated alkanes) is 2. The van der Waals surface area contributed by atoms with Crippen LogP contribution in [0.5, 0.6) is 0 Å². The van der Waals surface area contributed by atoms with E-state index in [0.717, 1.165) is 52.4 Å². The number of halogens is 4. The quantitative estimate of drug-likeness (QED) is 0.254. The molecule has 0 saturated carbocycles. The number of hydrogen-bond acceptors (Lipinski definition) is 4. The van der Waals surface area contributed by atoms with Gasteiger partial charge in [0.1, 0.15) is 0 Å². The predicted octanol–water partition coefficient (Wildman–Crippen LogP) is 2.64. The van der Waals surface area contributed by atoms with Gasteiger partial charge >= 0.3 is 0 Å². The lowest BCUT2D eigenvalue weighted by Gasteiger charge is -2.02. The second kappa shape index (κ2) is 34.8. The van der Waals surface area contributed by atoms with Crippen LogP contribution in [0.1, 0.15) is 39.5 Å². The van der Waals surface area contributed by atoms with Crippen molar-refractivity contribution in [2.45, 2.75) is 39.5 Å². The first-order valence-electron chi connectivity index (χ1n) is 8.20. The molecule has 4 nitrogen and oxygen atoms in total. The van der Waals surface area contributed by atoms with E-state index in [1.165, 1.54) is 25.7 Å². The average Bonchev–Trinajstić information content (AvgIpc) is 2.47. The molecule has 0 aliphatic rings. The highest BCUT2D eigenvalue weighted by Gasteiger charge is 1.88. The van der Waals surface area contributed by atoms with E-state index in [9.17, 15) is 0 Å². The van der Waals surface area contributed by atoms with E-state index in [4.69, 9.17) is 0 Å². The highest BCUT2D eigenvalue weighted by atomic mass is 35.5. The maximum Gasteiger partial charge on any atom is 0.0577 e. The maximum absolute atomic E-state index is 3.35. The summed E-state index contributed by atoms with van der Waals surface area (Å²) in [6, 6.07) is 0. The van der Waals surface area contributed by atoms with Crippen LogP contribution in [0.15, 0.2) is 0 Å². The summed E-state index contributed by atoms with van der Waals surface area (Å²) < 4.78 is 0. The number of rotatable bonds is 14. The number of hydrogen-bond donors (Lipinski definition) is 4. The monoisotopic (exact) mass is 426 g/mol. The lowest BCUT2D eigenvalue weighted by Crippen LogP contribution is -2.20. The highest BCUT2D eigenvalue weighted by Crippen LogP contribution is 1.84. The molecule has 0 fully saturated rings. The zero-order valence-electron chi connectivity index (χ0n) is 15.1. The molecule has 0 aliphatic carbocycles. The zero-order valence-corrected chi connectivity index (χ0v) is 18.4. The molecule has 0 amide bonds. The summed E-state index contributed by atoms with van der Waals surface area (Å²) in [4.78, 5) is 0. The molecule has 24 heavy (non-hydrogen) atoms. The largest absolute Gasteiger partial charge is 0.317 e. The SMILES string of the molecule is CCNCCCCNCC#CCNCCCCNCC.Cl.Cl.Cl.Cl. The van der Waals surface area contributed by atoms with Gasteiger partial charge in [0.15, 0.2) is 0 Å². The van der Waals surface area contributed by atoms with E-state index >= 15 is 0 Å². The molecular formula is C16H38Cl4N4. The minimum atomic E-state index is 0. The number of nitrogens with one attached hydrogen (secondary N) is 4. The van der Waals surface area contributed by atoms with Crippen molar-refractivity contribution in [1.82, 2.24) is 21.3 Å². The summed E-state index contributed by atoms with van der Waals surface area (Å²) in [7, 11) is 0.